The fourth-order valence-electron chi connectivity index (χ4n) is 2.91. The minimum Gasteiger partial charge on any atom is -0.496 e. The van der Waals surface area contributed by atoms with Gasteiger partial charge in [0.15, 0.2) is 5.58 Å². The summed E-state index contributed by atoms with van der Waals surface area (Å²) in [5, 5.41) is 0. The van der Waals surface area contributed by atoms with Gasteiger partial charge in [-0.2, -0.15) is 0 Å². The van der Waals surface area contributed by atoms with Crippen LogP contribution in [-0.2, 0) is 17.1 Å². The highest BCUT2D eigenvalue weighted by Gasteiger charge is 2.20. The number of sulfonamides is 1. The smallest absolute Gasteiger partial charge is 0.419 e. The van der Waals surface area contributed by atoms with E-state index in [9.17, 15) is 13.2 Å². The first-order chi connectivity index (χ1) is 12.6. The maximum atomic E-state index is 12.9. The predicted octanol–water partition coefficient (Wildman–Crippen LogP) is 3.37. The van der Waals surface area contributed by atoms with E-state index in [4.69, 9.17) is 9.15 Å². The molecule has 8 heteroatoms. The minimum absolute atomic E-state index is 0.0488. The molecule has 144 valence electrons. The van der Waals surface area contributed by atoms with E-state index in [0.29, 0.717) is 16.8 Å². The number of nitrogens with zero attached hydrogens (tertiary/aromatic N) is 1. The van der Waals surface area contributed by atoms with Crippen LogP contribution in [0.1, 0.15) is 30.9 Å². The topological polar surface area (TPSA) is 90.5 Å². The van der Waals surface area contributed by atoms with Gasteiger partial charge in [-0.15, -0.1) is 0 Å². The van der Waals surface area contributed by atoms with Crippen LogP contribution in [-0.4, -0.2) is 20.1 Å². The molecule has 3 aromatic rings. The molecular weight excluding hydrogens is 368 g/mol. The number of fused-ring (bicyclic) bond motifs is 1. The molecule has 7 nitrogen and oxygen atoms in total. The number of nitrogens with one attached hydrogen (secondary N) is 1. The third-order valence-corrected chi connectivity index (χ3v) is 5.88. The Morgan fingerprint density at radius 1 is 1.19 bits per heavy atom. The van der Waals surface area contributed by atoms with Crippen LogP contribution in [0, 0.1) is 6.92 Å². The van der Waals surface area contributed by atoms with Gasteiger partial charge in [0.2, 0.25) is 0 Å². The largest absolute Gasteiger partial charge is 0.496 e. The molecule has 2 aromatic carbocycles. The Labute approximate surface area is 157 Å². The number of anilines is 1. The highest BCUT2D eigenvalue weighted by Crippen LogP contribution is 2.33. The highest BCUT2D eigenvalue weighted by atomic mass is 32.2. The van der Waals surface area contributed by atoms with Crippen LogP contribution >= 0.6 is 0 Å². The van der Waals surface area contributed by atoms with Crippen molar-refractivity contribution in [1.82, 2.24) is 4.57 Å². The standard InChI is InChI=1S/C19H22N2O5S/c1-11(2)14-10-15(12(3)8-18(14)25-5)20-27(23,24)13-6-7-17-16(9-13)21(4)19(22)26-17/h6-11,20H,1-5H3. The quantitative estimate of drug-likeness (QED) is 0.721. The number of aryl methyl sites for hydroxylation is 2. The van der Waals surface area contributed by atoms with Crippen LogP contribution in [0.4, 0.5) is 5.69 Å². The van der Waals surface area contributed by atoms with Crippen molar-refractivity contribution in [2.24, 2.45) is 7.05 Å². The summed E-state index contributed by atoms with van der Waals surface area (Å²) in [6.07, 6.45) is 0. The van der Waals surface area contributed by atoms with Crippen LogP contribution < -0.4 is 15.2 Å². The van der Waals surface area contributed by atoms with E-state index in [2.05, 4.69) is 4.72 Å². The van der Waals surface area contributed by atoms with Crippen molar-refractivity contribution in [1.29, 1.82) is 0 Å². The van der Waals surface area contributed by atoms with Crippen molar-refractivity contribution in [3.8, 4) is 5.75 Å². The van der Waals surface area contributed by atoms with Gasteiger partial charge in [0.25, 0.3) is 10.0 Å². The molecule has 0 saturated carbocycles. The van der Waals surface area contributed by atoms with Gasteiger partial charge in [0.05, 0.1) is 23.2 Å². The molecule has 0 amide bonds. The van der Waals surface area contributed by atoms with E-state index in [1.54, 1.807) is 13.2 Å². The number of aromatic nitrogens is 1. The van der Waals surface area contributed by atoms with Crippen molar-refractivity contribution < 1.29 is 17.6 Å². The second kappa shape index (κ2) is 6.77. The Morgan fingerprint density at radius 3 is 2.52 bits per heavy atom. The average Bonchev–Trinajstić information content (AvgIpc) is 2.90. The molecule has 0 aliphatic heterocycles. The maximum Gasteiger partial charge on any atom is 0.419 e. The number of oxazole rings is 1. The summed E-state index contributed by atoms with van der Waals surface area (Å²) in [7, 11) is -0.724. The molecule has 0 radical (unpaired) electrons. The van der Waals surface area contributed by atoms with Crippen LogP contribution in [0.25, 0.3) is 11.1 Å². The summed E-state index contributed by atoms with van der Waals surface area (Å²) in [5.41, 5.74) is 2.90. The number of hydrogen-bond acceptors (Lipinski definition) is 5. The summed E-state index contributed by atoms with van der Waals surface area (Å²) in [5.74, 6) is 0.348. The Kier molecular flexibility index (Phi) is 4.77. The van der Waals surface area contributed by atoms with E-state index >= 15 is 0 Å². The second-order valence-corrected chi connectivity index (χ2v) is 8.41. The number of ether oxygens (including phenoxy) is 1. The molecule has 0 fully saturated rings. The zero-order chi connectivity index (χ0) is 19.9. The monoisotopic (exact) mass is 390 g/mol. The summed E-state index contributed by atoms with van der Waals surface area (Å²) in [6.45, 7) is 5.84. The van der Waals surface area contributed by atoms with Gasteiger partial charge in [-0.3, -0.25) is 9.29 Å². The molecule has 0 unspecified atom stereocenters. The second-order valence-electron chi connectivity index (χ2n) is 6.73. The lowest BCUT2D eigenvalue weighted by Crippen LogP contribution is -2.15. The SMILES string of the molecule is COc1cc(C)c(NS(=O)(=O)c2ccc3oc(=O)n(C)c3c2)cc1C(C)C. The minimum atomic E-state index is -3.84. The fourth-order valence-corrected chi connectivity index (χ4v) is 4.05. The van der Waals surface area contributed by atoms with E-state index in [1.807, 2.05) is 26.8 Å². The fraction of sp³-hybridized carbons (Fsp3) is 0.316. The molecule has 0 saturated heterocycles. The molecule has 27 heavy (non-hydrogen) atoms. The summed E-state index contributed by atoms with van der Waals surface area (Å²) < 4.78 is 40.1. The van der Waals surface area contributed by atoms with Gasteiger partial charge >= 0.3 is 5.76 Å². The lowest BCUT2D eigenvalue weighted by molar-refractivity contribution is 0.407. The highest BCUT2D eigenvalue weighted by molar-refractivity contribution is 7.92. The number of benzene rings is 2. The predicted molar refractivity (Wildman–Crippen MR) is 104 cm³/mol. The maximum absolute atomic E-state index is 12.9. The number of rotatable bonds is 5. The van der Waals surface area contributed by atoms with Crippen LogP contribution in [0.15, 0.2) is 44.4 Å². The number of methoxy groups -OCH3 is 1. The molecule has 0 atom stereocenters. The van der Waals surface area contributed by atoms with E-state index < -0.39 is 15.8 Å². The molecule has 1 N–H and O–H groups in total. The molecular formula is C19H22N2O5S. The Hall–Kier alpha value is -2.74. The Morgan fingerprint density at radius 2 is 1.89 bits per heavy atom. The zero-order valence-corrected chi connectivity index (χ0v) is 16.7. The van der Waals surface area contributed by atoms with Gasteiger partial charge in [-0.25, -0.2) is 13.2 Å². The molecule has 1 heterocycles. The summed E-state index contributed by atoms with van der Waals surface area (Å²) in [6, 6.07) is 7.92. The molecule has 0 aliphatic rings. The number of hydrogen-bond donors (Lipinski definition) is 1. The molecule has 0 bridgehead atoms. The van der Waals surface area contributed by atoms with Crippen molar-refractivity contribution in [3.63, 3.8) is 0 Å². The van der Waals surface area contributed by atoms with Gasteiger partial charge in [-0.1, -0.05) is 13.8 Å². The summed E-state index contributed by atoms with van der Waals surface area (Å²) >= 11 is 0. The molecule has 3 rings (SSSR count). The first-order valence-corrected chi connectivity index (χ1v) is 9.93. The summed E-state index contributed by atoms with van der Waals surface area (Å²) in [4.78, 5) is 11.7. The third-order valence-electron chi connectivity index (χ3n) is 4.52. The Balaban J connectivity index is 2.05. The van der Waals surface area contributed by atoms with E-state index in [1.165, 1.54) is 29.8 Å². The van der Waals surface area contributed by atoms with Gasteiger partial charge < -0.3 is 9.15 Å². The van der Waals surface area contributed by atoms with Crippen LogP contribution in [0.3, 0.4) is 0 Å². The van der Waals surface area contributed by atoms with Crippen molar-refractivity contribution in [3.05, 3.63) is 52.0 Å². The first-order valence-electron chi connectivity index (χ1n) is 8.45. The third kappa shape index (κ3) is 3.44. The molecule has 0 aliphatic carbocycles. The Bertz CT molecular complexity index is 1170. The lowest BCUT2D eigenvalue weighted by atomic mass is 9.99. The van der Waals surface area contributed by atoms with E-state index in [0.717, 1.165) is 16.9 Å². The first kappa shape index (κ1) is 19.0. The van der Waals surface area contributed by atoms with Crippen LogP contribution in [0.2, 0.25) is 0 Å². The molecule has 1 aromatic heterocycles. The normalized spacial score (nSPS) is 11.9. The van der Waals surface area contributed by atoms with Crippen molar-refractivity contribution >= 4 is 26.8 Å². The van der Waals surface area contributed by atoms with Gasteiger partial charge in [0.1, 0.15) is 5.75 Å². The van der Waals surface area contributed by atoms with Crippen molar-refractivity contribution in [2.75, 3.05) is 11.8 Å². The lowest BCUT2D eigenvalue weighted by Gasteiger charge is -2.17. The van der Waals surface area contributed by atoms with Crippen LogP contribution in [0.5, 0.6) is 5.75 Å². The van der Waals surface area contributed by atoms with E-state index in [-0.39, 0.29) is 10.8 Å². The average molecular weight is 390 g/mol. The van der Waals surface area contributed by atoms with Crippen molar-refractivity contribution in [2.45, 2.75) is 31.6 Å². The zero-order valence-electron chi connectivity index (χ0n) is 15.9. The van der Waals surface area contributed by atoms with Gasteiger partial charge in [-0.05, 0) is 54.3 Å². The molecule has 0 spiro atoms. The van der Waals surface area contributed by atoms with Gasteiger partial charge in [0, 0.05) is 7.05 Å².